The normalized spacial score (nSPS) is 17.9. The molecule has 2 aromatic rings. The molecular weight excluding hydrogens is 366 g/mol. The molecule has 0 unspecified atom stereocenters. The molecule has 1 aliphatic heterocycles. The molecule has 1 aliphatic rings. The summed E-state index contributed by atoms with van der Waals surface area (Å²) < 4.78 is 23.7. The highest BCUT2D eigenvalue weighted by Crippen LogP contribution is 2.28. The standard InChI is InChI=1S/C19H21N3O4S/c1-13-18(23)21(2)10-11-22(13)19(24)15-7-5-6-14(12-15)16-8-3-4-9-17(16)27(20,25)26/h3-9,12-13H,10-11H2,1-2H3,(H2,20,25,26)/t13-/m1/s1. The molecule has 0 aliphatic carbocycles. The van der Waals surface area contributed by atoms with Gasteiger partial charge in [0.25, 0.3) is 5.91 Å². The van der Waals surface area contributed by atoms with E-state index in [1.807, 2.05) is 0 Å². The molecule has 1 heterocycles. The maximum Gasteiger partial charge on any atom is 0.254 e. The number of piperazine rings is 1. The smallest absolute Gasteiger partial charge is 0.254 e. The number of primary sulfonamides is 1. The Bertz CT molecular complexity index is 1000. The number of likely N-dealkylation sites (N-methyl/N-ethyl adjacent to an activating group) is 1. The van der Waals surface area contributed by atoms with Gasteiger partial charge < -0.3 is 9.80 Å². The largest absolute Gasteiger partial charge is 0.342 e. The first kappa shape index (κ1) is 19.1. The molecule has 8 heteroatoms. The Morgan fingerprint density at radius 3 is 2.52 bits per heavy atom. The molecule has 1 saturated heterocycles. The molecule has 1 atom stereocenters. The van der Waals surface area contributed by atoms with E-state index in [-0.39, 0.29) is 16.7 Å². The number of carbonyl (C=O) groups excluding carboxylic acids is 2. The first-order valence-corrected chi connectivity index (χ1v) is 10.0. The average Bonchev–Trinajstić information content (AvgIpc) is 2.65. The first-order chi connectivity index (χ1) is 12.7. The van der Waals surface area contributed by atoms with Crippen LogP contribution in [0.4, 0.5) is 0 Å². The number of sulfonamides is 1. The van der Waals surface area contributed by atoms with Crippen molar-refractivity contribution in [2.45, 2.75) is 17.9 Å². The van der Waals surface area contributed by atoms with Crippen LogP contribution in [0.5, 0.6) is 0 Å². The highest BCUT2D eigenvalue weighted by atomic mass is 32.2. The lowest BCUT2D eigenvalue weighted by atomic mass is 10.0. The zero-order valence-corrected chi connectivity index (χ0v) is 15.9. The van der Waals surface area contributed by atoms with Crippen LogP contribution in [-0.2, 0) is 14.8 Å². The van der Waals surface area contributed by atoms with Crippen LogP contribution >= 0.6 is 0 Å². The van der Waals surface area contributed by atoms with Gasteiger partial charge in [-0.3, -0.25) is 9.59 Å². The number of amides is 2. The van der Waals surface area contributed by atoms with Gasteiger partial charge in [-0.2, -0.15) is 0 Å². The molecule has 2 aromatic carbocycles. The summed E-state index contributed by atoms with van der Waals surface area (Å²) in [6.07, 6.45) is 0. The summed E-state index contributed by atoms with van der Waals surface area (Å²) in [6, 6.07) is 12.5. The maximum absolute atomic E-state index is 12.9. The van der Waals surface area contributed by atoms with E-state index in [0.717, 1.165) is 0 Å². The average molecular weight is 387 g/mol. The second-order valence-corrected chi connectivity index (χ2v) is 8.09. The Hall–Kier alpha value is -2.71. The van der Waals surface area contributed by atoms with Crippen molar-refractivity contribution in [2.24, 2.45) is 5.14 Å². The number of hydrogen-bond donors (Lipinski definition) is 1. The molecule has 0 bridgehead atoms. The van der Waals surface area contributed by atoms with Crippen LogP contribution in [0.2, 0.25) is 0 Å². The molecule has 0 spiro atoms. The summed E-state index contributed by atoms with van der Waals surface area (Å²) in [5.74, 6) is -0.371. The molecule has 2 amide bonds. The van der Waals surface area contributed by atoms with Crippen LogP contribution in [0.15, 0.2) is 53.4 Å². The fraction of sp³-hybridized carbons (Fsp3) is 0.263. The molecule has 7 nitrogen and oxygen atoms in total. The lowest BCUT2D eigenvalue weighted by Gasteiger charge is -2.37. The van der Waals surface area contributed by atoms with Gasteiger partial charge in [-0.05, 0) is 30.7 Å². The van der Waals surface area contributed by atoms with Gasteiger partial charge in [0.15, 0.2) is 0 Å². The van der Waals surface area contributed by atoms with E-state index in [2.05, 4.69) is 0 Å². The van der Waals surface area contributed by atoms with Crippen molar-refractivity contribution in [3.05, 3.63) is 54.1 Å². The highest BCUT2D eigenvalue weighted by Gasteiger charge is 2.33. The monoisotopic (exact) mass is 387 g/mol. The Balaban J connectivity index is 1.98. The van der Waals surface area contributed by atoms with Gasteiger partial charge in [-0.15, -0.1) is 0 Å². The lowest BCUT2D eigenvalue weighted by Crippen LogP contribution is -2.56. The number of rotatable bonds is 3. The Kier molecular flexibility index (Phi) is 5.03. The number of nitrogens with zero attached hydrogens (tertiary/aromatic N) is 2. The molecule has 0 saturated carbocycles. The summed E-state index contributed by atoms with van der Waals surface area (Å²) in [7, 11) is -2.19. The molecule has 3 rings (SSSR count). The molecular formula is C19H21N3O4S. The number of carbonyl (C=O) groups is 2. The van der Waals surface area contributed by atoms with E-state index in [0.29, 0.717) is 29.8 Å². The van der Waals surface area contributed by atoms with Crippen LogP contribution in [0, 0.1) is 0 Å². The second kappa shape index (κ2) is 7.13. The Morgan fingerprint density at radius 1 is 1.11 bits per heavy atom. The van der Waals surface area contributed by atoms with Gasteiger partial charge in [0.2, 0.25) is 15.9 Å². The van der Waals surface area contributed by atoms with Gasteiger partial charge in [0.05, 0.1) is 4.90 Å². The van der Waals surface area contributed by atoms with Crippen LogP contribution in [0.1, 0.15) is 17.3 Å². The van der Waals surface area contributed by atoms with Gasteiger partial charge in [-0.25, -0.2) is 13.6 Å². The van der Waals surface area contributed by atoms with Crippen molar-refractivity contribution in [1.82, 2.24) is 9.80 Å². The van der Waals surface area contributed by atoms with Crippen molar-refractivity contribution < 1.29 is 18.0 Å². The third kappa shape index (κ3) is 3.72. The summed E-state index contributed by atoms with van der Waals surface area (Å²) in [4.78, 5) is 28.2. The topological polar surface area (TPSA) is 101 Å². The van der Waals surface area contributed by atoms with Crippen molar-refractivity contribution in [2.75, 3.05) is 20.1 Å². The van der Waals surface area contributed by atoms with Crippen LogP contribution in [0.3, 0.4) is 0 Å². The van der Waals surface area contributed by atoms with Gasteiger partial charge in [0, 0.05) is 31.3 Å². The van der Waals surface area contributed by atoms with E-state index >= 15 is 0 Å². The van der Waals surface area contributed by atoms with E-state index < -0.39 is 16.1 Å². The summed E-state index contributed by atoms with van der Waals surface area (Å²) >= 11 is 0. The Morgan fingerprint density at radius 2 is 1.81 bits per heavy atom. The van der Waals surface area contributed by atoms with E-state index in [4.69, 9.17) is 5.14 Å². The minimum Gasteiger partial charge on any atom is -0.342 e. The minimum absolute atomic E-state index is 0.00209. The van der Waals surface area contributed by atoms with Gasteiger partial charge in [0.1, 0.15) is 6.04 Å². The predicted molar refractivity (Wildman–Crippen MR) is 101 cm³/mol. The zero-order valence-electron chi connectivity index (χ0n) is 15.1. The van der Waals surface area contributed by atoms with E-state index in [1.165, 1.54) is 11.0 Å². The van der Waals surface area contributed by atoms with Crippen molar-refractivity contribution in [1.29, 1.82) is 0 Å². The van der Waals surface area contributed by atoms with Crippen LogP contribution in [0.25, 0.3) is 11.1 Å². The minimum atomic E-state index is -3.90. The summed E-state index contributed by atoms with van der Waals surface area (Å²) in [5.41, 5.74) is 1.39. The van der Waals surface area contributed by atoms with Crippen LogP contribution in [-0.4, -0.2) is 56.2 Å². The molecule has 0 aromatic heterocycles. The second-order valence-electron chi connectivity index (χ2n) is 6.56. The van der Waals surface area contributed by atoms with E-state index in [9.17, 15) is 18.0 Å². The third-order valence-corrected chi connectivity index (χ3v) is 5.72. The van der Waals surface area contributed by atoms with E-state index in [1.54, 1.807) is 61.3 Å². The number of nitrogens with two attached hydrogens (primary N) is 1. The number of hydrogen-bond acceptors (Lipinski definition) is 4. The lowest BCUT2D eigenvalue weighted by molar-refractivity contribution is -0.137. The van der Waals surface area contributed by atoms with Crippen LogP contribution < -0.4 is 5.14 Å². The third-order valence-electron chi connectivity index (χ3n) is 4.75. The molecule has 2 N–H and O–H groups in total. The summed E-state index contributed by atoms with van der Waals surface area (Å²) in [5, 5.41) is 5.31. The molecule has 142 valence electrons. The SMILES string of the molecule is C[C@@H]1C(=O)N(C)CCN1C(=O)c1cccc(-c2ccccc2S(N)(=O)=O)c1. The van der Waals surface area contributed by atoms with Crippen molar-refractivity contribution in [3.8, 4) is 11.1 Å². The maximum atomic E-state index is 12.9. The van der Waals surface area contributed by atoms with Gasteiger partial charge >= 0.3 is 0 Å². The Labute approximate surface area is 158 Å². The quantitative estimate of drug-likeness (QED) is 0.858. The van der Waals surface area contributed by atoms with Gasteiger partial charge in [-0.1, -0.05) is 30.3 Å². The fourth-order valence-electron chi connectivity index (χ4n) is 3.23. The number of benzene rings is 2. The zero-order chi connectivity index (χ0) is 19.8. The van der Waals surface area contributed by atoms with Crippen molar-refractivity contribution in [3.63, 3.8) is 0 Å². The summed E-state index contributed by atoms with van der Waals surface area (Å²) in [6.45, 7) is 2.62. The first-order valence-electron chi connectivity index (χ1n) is 8.48. The predicted octanol–water partition coefficient (Wildman–Crippen LogP) is 1.30. The molecule has 1 fully saturated rings. The van der Waals surface area contributed by atoms with Crippen molar-refractivity contribution >= 4 is 21.8 Å². The highest BCUT2D eigenvalue weighted by molar-refractivity contribution is 7.89. The fourth-order valence-corrected chi connectivity index (χ4v) is 3.99. The molecule has 0 radical (unpaired) electrons. The molecule has 27 heavy (non-hydrogen) atoms.